The van der Waals surface area contributed by atoms with Gasteiger partial charge in [0.05, 0.1) is 23.8 Å². The lowest BCUT2D eigenvalue weighted by Crippen LogP contribution is -2.50. The first kappa shape index (κ1) is 27.0. The van der Waals surface area contributed by atoms with Crippen LogP contribution in [0, 0.1) is 0 Å². The monoisotopic (exact) mass is 521 g/mol. The van der Waals surface area contributed by atoms with Crippen LogP contribution in [0.15, 0.2) is 72.8 Å². The number of hydrogen-bond acceptors (Lipinski definition) is 2. The molecule has 0 amide bonds. The van der Waals surface area contributed by atoms with E-state index < -0.39 is 29.0 Å². The van der Waals surface area contributed by atoms with Gasteiger partial charge < -0.3 is 4.74 Å². The second-order valence-corrected chi connectivity index (χ2v) is 9.76. The molecule has 1 aliphatic heterocycles. The molecule has 4 rings (SSSR count). The maximum atomic E-state index is 13.6. The molecule has 0 bridgehead atoms. The number of halogens is 6. The van der Waals surface area contributed by atoms with Crippen molar-refractivity contribution in [2.24, 2.45) is 0 Å². The standard InChI is InChI=1S/C29H29F6NO/c1-27(25-12-6-7-13-26(25)37-2,36-14-8-11-22(19-36)21-9-4-3-5-10-21)18-20-15-23(28(30,31)32)17-24(16-20)29(33,34)35/h3-7,9-10,12-13,15-17,22H,8,11,14,18-19H2,1-2H3. The molecule has 0 aliphatic carbocycles. The van der Waals surface area contributed by atoms with E-state index in [1.807, 2.05) is 37.3 Å². The number of alkyl halides is 6. The van der Waals surface area contributed by atoms with E-state index >= 15 is 0 Å². The number of para-hydroxylation sites is 1. The van der Waals surface area contributed by atoms with Gasteiger partial charge >= 0.3 is 12.4 Å². The zero-order valence-electron chi connectivity index (χ0n) is 20.7. The van der Waals surface area contributed by atoms with Crippen LogP contribution < -0.4 is 4.74 Å². The molecule has 0 N–H and O–H groups in total. The van der Waals surface area contributed by atoms with Gasteiger partial charge in [-0.3, -0.25) is 4.90 Å². The van der Waals surface area contributed by atoms with E-state index in [0.717, 1.165) is 36.1 Å². The van der Waals surface area contributed by atoms with Crippen molar-refractivity contribution in [2.75, 3.05) is 20.2 Å². The summed E-state index contributed by atoms with van der Waals surface area (Å²) in [5.74, 6) is 0.728. The molecule has 37 heavy (non-hydrogen) atoms. The number of piperidine rings is 1. The molecule has 1 saturated heterocycles. The summed E-state index contributed by atoms with van der Waals surface area (Å²) in [6.45, 7) is 3.15. The number of nitrogens with zero attached hydrogens (tertiary/aromatic N) is 1. The highest BCUT2D eigenvalue weighted by atomic mass is 19.4. The maximum absolute atomic E-state index is 13.6. The summed E-state index contributed by atoms with van der Waals surface area (Å²) in [4.78, 5) is 2.18. The van der Waals surface area contributed by atoms with Crippen LogP contribution in [0.4, 0.5) is 26.3 Å². The molecule has 1 fully saturated rings. The number of rotatable bonds is 6. The van der Waals surface area contributed by atoms with Crippen LogP contribution >= 0.6 is 0 Å². The minimum absolute atomic E-state index is 0.0302. The molecule has 2 atom stereocenters. The van der Waals surface area contributed by atoms with Crippen molar-refractivity contribution in [3.8, 4) is 5.75 Å². The SMILES string of the molecule is COc1ccccc1C(C)(Cc1cc(C(F)(F)F)cc(C(F)(F)F)c1)N1CCCC(c2ccccc2)C1. The van der Waals surface area contributed by atoms with Crippen molar-refractivity contribution in [2.45, 2.75) is 50.0 Å². The first-order chi connectivity index (χ1) is 17.4. The second-order valence-electron chi connectivity index (χ2n) is 9.76. The first-order valence-corrected chi connectivity index (χ1v) is 12.1. The Bertz CT molecular complexity index is 1170. The number of methoxy groups -OCH3 is 1. The molecule has 2 unspecified atom stereocenters. The molecule has 198 valence electrons. The third-order valence-corrected chi connectivity index (χ3v) is 7.27. The largest absolute Gasteiger partial charge is 0.496 e. The molecule has 0 spiro atoms. The van der Waals surface area contributed by atoms with E-state index in [9.17, 15) is 26.3 Å². The molecular weight excluding hydrogens is 492 g/mol. The van der Waals surface area contributed by atoms with Crippen LogP contribution in [0.1, 0.15) is 53.5 Å². The predicted octanol–water partition coefficient (Wildman–Crippen LogP) is 8.07. The summed E-state index contributed by atoms with van der Waals surface area (Å²) in [5, 5.41) is 0. The number of hydrogen-bond donors (Lipinski definition) is 0. The minimum atomic E-state index is -4.90. The summed E-state index contributed by atoms with van der Waals surface area (Å²) in [6, 6.07) is 19.0. The summed E-state index contributed by atoms with van der Waals surface area (Å²) in [6.07, 6.45) is -8.06. The lowest BCUT2D eigenvalue weighted by atomic mass is 9.79. The highest BCUT2D eigenvalue weighted by Crippen LogP contribution is 2.43. The normalized spacial score (nSPS) is 18.9. The highest BCUT2D eigenvalue weighted by molar-refractivity contribution is 5.42. The van der Waals surface area contributed by atoms with Crippen molar-refractivity contribution in [3.05, 3.63) is 101 Å². The van der Waals surface area contributed by atoms with Crippen LogP contribution in [0.3, 0.4) is 0 Å². The summed E-state index contributed by atoms with van der Waals surface area (Å²) >= 11 is 0. The summed E-state index contributed by atoms with van der Waals surface area (Å²) in [7, 11) is 1.51. The molecule has 3 aromatic rings. The molecule has 8 heteroatoms. The van der Waals surface area contributed by atoms with Gasteiger partial charge in [0.25, 0.3) is 0 Å². The van der Waals surface area contributed by atoms with Crippen LogP contribution in [0.5, 0.6) is 5.75 Å². The summed E-state index contributed by atoms with van der Waals surface area (Å²) < 4.78 is 87.2. The van der Waals surface area contributed by atoms with E-state index in [1.54, 1.807) is 12.1 Å². The molecule has 2 nitrogen and oxygen atoms in total. The van der Waals surface area contributed by atoms with Crippen molar-refractivity contribution >= 4 is 0 Å². The fraction of sp³-hybridized carbons (Fsp3) is 0.379. The lowest BCUT2D eigenvalue weighted by Gasteiger charge is -2.47. The highest BCUT2D eigenvalue weighted by Gasteiger charge is 2.41. The van der Waals surface area contributed by atoms with Gasteiger partial charge in [0.15, 0.2) is 0 Å². The molecule has 1 heterocycles. The van der Waals surface area contributed by atoms with Gasteiger partial charge in [-0.2, -0.15) is 26.3 Å². The quantitative estimate of drug-likeness (QED) is 0.304. The van der Waals surface area contributed by atoms with Gasteiger partial charge in [-0.05, 0) is 74.0 Å². The Kier molecular flexibility index (Phi) is 7.60. The Morgan fingerprint density at radius 2 is 1.43 bits per heavy atom. The number of ether oxygens (including phenoxy) is 1. The van der Waals surface area contributed by atoms with Crippen LogP contribution in [0.2, 0.25) is 0 Å². The molecule has 0 aromatic heterocycles. The van der Waals surface area contributed by atoms with Crippen LogP contribution in [-0.2, 0) is 24.3 Å². The third-order valence-electron chi connectivity index (χ3n) is 7.27. The van der Waals surface area contributed by atoms with Crippen LogP contribution in [0.25, 0.3) is 0 Å². The number of likely N-dealkylation sites (tertiary alicyclic amines) is 1. The second kappa shape index (κ2) is 10.4. The van der Waals surface area contributed by atoms with Gasteiger partial charge in [0, 0.05) is 12.1 Å². The number of benzene rings is 3. The minimum Gasteiger partial charge on any atom is -0.496 e. The van der Waals surface area contributed by atoms with Crippen molar-refractivity contribution < 1.29 is 31.1 Å². The lowest BCUT2D eigenvalue weighted by molar-refractivity contribution is -0.143. The van der Waals surface area contributed by atoms with Gasteiger partial charge in [0.2, 0.25) is 0 Å². The van der Waals surface area contributed by atoms with Crippen molar-refractivity contribution in [3.63, 3.8) is 0 Å². The molecular formula is C29H29F6NO. The van der Waals surface area contributed by atoms with Crippen molar-refractivity contribution in [1.29, 1.82) is 0 Å². The van der Waals surface area contributed by atoms with E-state index in [1.165, 1.54) is 7.11 Å². The molecule has 0 saturated carbocycles. The Hall–Kier alpha value is -3.00. The van der Waals surface area contributed by atoms with E-state index in [0.29, 0.717) is 18.8 Å². The zero-order valence-corrected chi connectivity index (χ0v) is 20.7. The summed E-state index contributed by atoms with van der Waals surface area (Å²) in [5.41, 5.74) is -1.68. The van der Waals surface area contributed by atoms with Gasteiger partial charge in [-0.25, -0.2) is 0 Å². The Labute approximate surface area is 212 Å². The van der Waals surface area contributed by atoms with E-state index in [2.05, 4.69) is 17.0 Å². The predicted molar refractivity (Wildman–Crippen MR) is 130 cm³/mol. The zero-order chi connectivity index (χ0) is 26.8. The smallest absolute Gasteiger partial charge is 0.416 e. The fourth-order valence-electron chi connectivity index (χ4n) is 5.41. The Balaban J connectivity index is 1.81. The average molecular weight is 522 g/mol. The van der Waals surface area contributed by atoms with E-state index in [-0.39, 0.29) is 24.0 Å². The molecule has 1 aliphatic rings. The first-order valence-electron chi connectivity index (χ1n) is 12.1. The van der Waals surface area contributed by atoms with Gasteiger partial charge in [-0.15, -0.1) is 0 Å². The van der Waals surface area contributed by atoms with Crippen LogP contribution in [-0.4, -0.2) is 25.1 Å². The maximum Gasteiger partial charge on any atom is 0.416 e. The Morgan fingerprint density at radius 3 is 2.03 bits per heavy atom. The van der Waals surface area contributed by atoms with Gasteiger partial charge in [0.1, 0.15) is 5.75 Å². The third kappa shape index (κ3) is 5.95. The average Bonchev–Trinajstić information content (AvgIpc) is 2.88. The Morgan fingerprint density at radius 1 is 0.838 bits per heavy atom. The topological polar surface area (TPSA) is 12.5 Å². The fourth-order valence-corrected chi connectivity index (χ4v) is 5.41. The van der Waals surface area contributed by atoms with E-state index in [4.69, 9.17) is 4.74 Å². The molecule has 3 aromatic carbocycles. The van der Waals surface area contributed by atoms with Crippen molar-refractivity contribution in [1.82, 2.24) is 4.90 Å². The molecule has 0 radical (unpaired) electrons. The van der Waals surface area contributed by atoms with Gasteiger partial charge in [-0.1, -0.05) is 48.5 Å².